The molecule has 0 aliphatic carbocycles. The van der Waals surface area contributed by atoms with Crippen LogP contribution in [0.4, 0.5) is 10.1 Å². The topological polar surface area (TPSA) is 58.4 Å². The zero-order valence-electron chi connectivity index (χ0n) is 15.9. The van der Waals surface area contributed by atoms with Crippen LogP contribution in [-0.4, -0.2) is 54.9 Å². The summed E-state index contributed by atoms with van der Waals surface area (Å²) in [5, 5.41) is 5.44. The number of benzene rings is 2. The molecular weight excluding hydrogens is 379 g/mol. The Morgan fingerprint density at radius 3 is 2.61 bits per heavy atom. The molecule has 0 saturated carbocycles. The molecule has 1 atom stereocenters. The summed E-state index contributed by atoms with van der Waals surface area (Å²) in [5.74, 6) is -0.276. The van der Waals surface area contributed by atoms with Gasteiger partial charge in [-0.05, 0) is 55.3 Å². The number of hydrogen-bond acceptors (Lipinski definition) is 4. The van der Waals surface area contributed by atoms with Crippen molar-refractivity contribution < 1.29 is 12.8 Å². The van der Waals surface area contributed by atoms with Crippen molar-refractivity contribution in [3.8, 4) is 5.69 Å². The van der Waals surface area contributed by atoms with Gasteiger partial charge in [-0.15, -0.1) is 0 Å². The minimum absolute atomic E-state index is 0.157. The molecule has 1 aromatic heterocycles. The minimum atomic E-state index is -3.19. The van der Waals surface area contributed by atoms with E-state index in [1.807, 2.05) is 12.1 Å². The van der Waals surface area contributed by atoms with Gasteiger partial charge in [-0.2, -0.15) is 5.10 Å². The standard InChI is InChI=1S/C20H23FN4O2S/c1-23(28(2,26)27)14-19-4-3-11-24(19)18-9-10-20-15(12-18)13-22-25(20)17-7-5-16(21)6-8-17/h5-10,12-13,19H,3-4,11,14H2,1-2H3/t19-/m0/s1. The second-order valence-electron chi connectivity index (χ2n) is 7.31. The van der Waals surface area contributed by atoms with E-state index in [9.17, 15) is 12.8 Å². The van der Waals surface area contributed by atoms with Crippen LogP contribution < -0.4 is 4.90 Å². The van der Waals surface area contributed by atoms with Crippen molar-refractivity contribution in [2.75, 3.05) is 31.3 Å². The first-order valence-electron chi connectivity index (χ1n) is 9.24. The molecule has 2 heterocycles. The fourth-order valence-corrected chi connectivity index (χ4v) is 4.23. The van der Waals surface area contributed by atoms with E-state index in [0.717, 1.165) is 41.7 Å². The Balaban J connectivity index is 1.62. The molecular formula is C20H23FN4O2S. The van der Waals surface area contributed by atoms with Crippen LogP contribution in [0.3, 0.4) is 0 Å². The Kier molecular flexibility index (Phi) is 4.84. The third-order valence-corrected chi connectivity index (χ3v) is 6.65. The van der Waals surface area contributed by atoms with Gasteiger partial charge in [-0.25, -0.2) is 21.8 Å². The molecule has 1 saturated heterocycles. The molecule has 0 radical (unpaired) electrons. The minimum Gasteiger partial charge on any atom is -0.367 e. The largest absolute Gasteiger partial charge is 0.367 e. The summed E-state index contributed by atoms with van der Waals surface area (Å²) in [6.45, 7) is 1.38. The van der Waals surface area contributed by atoms with Crippen LogP contribution in [0.1, 0.15) is 12.8 Å². The molecule has 28 heavy (non-hydrogen) atoms. The number of halogens is 1. The molecule has 0 bridgehead atoms. The molecule has 1 fully saturated rings. The van der Waals surface area contributed by atoms with Crippen molar-refractivity contribution in [3.63, 3.8) is 0 Å². The number of sulfonamides is 1. The summed E-state index contributed by atoms with van der Waals surface area (Å²) < 4.78 is 39.9. The van der Waals surface area contributed by atoms with Gasteiger partial charge in [0.05, 0.1) is 23.7 Å². The highest BCUT2D eigenvalue weighted by molar-refractivity contribution is 7.88. The van der Waals surface area contributed by atoms with Gasteiger partial charge in [0.25, 0.3) is 0 Å². The van der Waals surface area contributed by atoms with E-state index in [-0.39, 0.29) is 11.9 Å². The van der Waals surface area contributed by atoms with E-state index in [2.05, 4.69) is 16.1 Å². The normalized spacial score (nSPS) is 17.7. The molecule has 148 valence electrons. The number of likely N-dealkylation sites (N-methyl/N-ethyl adjacent to an activating group) is 1. The summed E-state index contributed by atoms with van der Waals surface area (Å²) in [7, 11) is -1.57. The van der Waals surface area contributed by atoms with Gasteiger partial charge < -0.3 is 4.90 Å². The Morgan fingerprint density at radius 1 is 1.18 bits per heavy atom. The van der Waals surface area contributed by atoms with Gasteiger partial charge in [0.1, 0.15) is 5.82 Å². The lowest BCUT2D eigenvalue weighted by molar-refractivity contribution is 0.437. The van der Waals surface area contributed by atoms with E-state index < -0.39 is 10.0 Å². The van der Waals surface area contributed by atoms with Crippen molar-refractivity contribution in [1.29, 1.82) is 0 Å². The van der Waals surface area contributed by atoms with Gasteiger partial charge in [-0.3, -0.25) is 0 Å². The first kappa shape index (κ1) is 18.9. The number of anilines is 1. The molecule has 1 aliphatic rings. The fourth-order valence-electron chi connectivity index (χ4n) is 3.78. The summed E-state index contributed by atoms with van der Waals surface area (Å²) in [6, 6.07) is 12.5. The molecule has 8 heteroatoms. The Bertz CT molecular complexity index is 1100. The average molecular weight is 402 g/mol. The van der Waals surface area contributed by atoms with Crippen molar-refractivity contribution in [2.45, 2.75) is 18.9 Å². The maximum Gasteiger partial charge on any atom is 0.211 e. The third-order valence-electron chi connectivity index (χ3n) is 5.37. The van der Waals surface area contributed by atoms with E-state index in [1.165, 1.54) is 22.7 Å². The van der Waals surface area contributed by atoms with Crippen LogP contribution >= 0.6 is 0 Å². The summed E-state index contributed by atoms with van der Waals surface area (Å²) in [5.41, 5.74) is 2.81. The number of fused-ring (bicyclic) bond motifs is 1. The number of nitrogens with zero attached hydrogens (tertiary/aromatic N) is 4. The lowest BCUT2D eigenvalue weighted by atomic mass is 10.2. The zero-order valence-corrected chi connectivity index (χ0v) is 16.7. The second-order valence-corrected chi connectivity index (χ2v) is 9.40. The van der Waals surface area contributed by atoms with Gasteiger partial charge in [0.2, 0.25) is 10.0 Å². The maximum atomic E-state index is 13.2. The lowest BCUT2D eigenvalue weighted by Crippen LogP contribution is -2.40. The highest BCUT2D eigenvalue weighted by atomic mass is 32.2. The fraction of sp³-hybridized carbons (Fsp3) is 0.350. The van der Waals surface area contributed by atoms with E-state index in [4.69, 9.17) is 0 Å². The predicted molar refractivity (Wildman–Crippen MR) is 109 cm³/mol. The van der Waals surface area contributed by atoms with Gasteiger partial charge >= 0.3 is 0 Å². The van der Waals surface area contributed by atoms with Crippen LogP contribution in [-0.2, 0) is 10.0 Å². The molecule has 1 aliphatic heterocycles. The number of rotatable bonds is 5. The first-order valence-corrected chi connectivity index (χ1v) is 11.1. The second kappa shape index (κ2) is 7.18. The monoisotopic (exact) mass is 402 g/mol. The van der Waals surface area contributed by atoms with Gasteiger partial charge in [0, 0.05) is 37.3 Å². The quantitative estimate of drug-likeness (QED) is 0.658. The summed E-state index contributed by atoms with van der Waals surface area (Å²) in [4.78, 5) is 2.27. The average Bonchev–Trinajstić information content (AvgIpc) is 3.28. The molecule has 0 N–H and O–H groups in total. The van der Waals surface area contributed by atoms with Crippen LogP contribution in [0.25, 0.3) is 16.6 Å². The highest BCUT2D eigenvalue weighted by Gasteiger charge is 2.28. The molecule has 4 rings (SSSR count). The van der Waals surface area contributed by atoms with Crippen molar-refractivity contribution >= 4 is 26.6 Å². The molecule has 3 aromatic rings. The molecule has 6 nitrogen and oxygen atoms in total. The number of hydrogen-bond donors (Lipinski definition) is 0. The molecule has 0 unspecified atom stereocenters. The maximum absolute atomic E-state index is 13.2. The number of aromatic nitrogens is 2. The van der Waals surface area contributed by atoms with Gasteiger partial charge in [0.15, 0.2) is 0 Å². The Hall–Kier alpha value is -2.45. The Labute approximate surface area is 164 Å². The van der Waals surface area contributed by atoms with Crippen LogP contribution in [0, 0.1) is 5.82 Å². The van der Waals surface area contributed by atoms with E-state index >= 15 is 0 Å². The highest BCUT2D eigenvalue weighted by Crippen LogP contribution is 2.30. The SMILES string of the molecule is CN(C[C@@H]1CCCN1c1ccc2c(cnn2-c2ccc(F)cc2)c1)S(C)(=O)=O. The molecule has 0 spiro atoms. The third kappa shape index (κ3) is 3.62. The van der Waals surface area contributed by atoms with E-state index in [0.29, 0.717) is 6.54 Å². The first-order chi connectivity index (χ1) is 13.3. The summed E-state index contributed by atoms with van der Waals surface area (Å²) >= 11 is 0. The zero-order chi connectivity index (χ0) is 19.9. The van der Waals surface area contributed by atoms with Crippen LogP contribution in [0.5, 0.6) is 0 Å². The van der Waals surface area contributed by atoms with Crippen LogP contribution in [0.2, 0.25) is 0 Å². The van der Waals surface area contributed by atoms with Crippen molar-refractivity contribution in [3.05, 3.63) is 54.5 Å². The lowest BCUT2D eigenvalue weighted by Gasteiger charge is -2.29. The molecule has 2 aromatic carbocycles. The Morgan fingerprint density at radius 2 is 1.89 bits per heavy atom. The predicted octanol–water partition coefficient (Wildman–Crippen LogP) is 3.02. The van der Waals surface area contributed by atoms with Crippen molar-refractivity contribution in [2.24, 2.45) is 0 Å². The van der Waals surface area contributed by atoms with Gasteiger partial charge in [-0.1, -0.05) is 0 Å². The van der Waals surface area contributed by atoms with Crippen molar-refractivity contribution in [1.82, 2.24) is 14.1 Å². The summed E-state index contributed by atoms with van der Waals surface area (Å²) in [6.07, 6.45) is 5.04. The smallest absolute Gasteiger partial charge is 0.211 e. The van der Waals surface area contributed by atoms with Crippen LogP contribution in [0.15, 0.2) is 48.7 Å². The van der Waals surface area contributed by atoms with E-state index in [1.54, 1.807) is 30.1 Å². The molecule has 0 amide bonds.